The van der Waals surface area contributed by atoms with Gasteiger partial charge in [0.25, 0.3) is 5.91 Å². The molecule has 0 aromatic heterocycles. The summed E-state index contributed by atoms with van der Waals surface area (Å²) in [5.74, 6) is 0.380. The number of likely N-dealkylation sites (tertiary alicyclic amines) is 1. The molecule has 0 unspecified atom stereocenters. The molecule has 1 aliphatic carbocycles. The van der Waals surface area contributed by atoms with Crippen LogP contribution in [0.1, 0.15) is 50.5 Å². The van der Waals surface area contributed by atoms with Gasteiger partial charge < -0.3 is 15.0 Å². The standard InChI is InChI=1S/C27H33FN2O3/c28-23-11-9-22(10-12-23)27(15-5-2-6-16-27)20-29-26(32)21-13-17-30(18-14-21)25(31)19-33-24-7-3-1-4-8-24/h1,3-4,7-12,21H,2,5-6,13-20H2,(H,29,32). The Morgan fingerprint density at radius 2 is 1.64 bits per heavy atom. The molecule has 1 saturated carbocycles. The minimum atomic E-state index is -0.232. The molecule has 2 fully saturated rings. The van der Waals surface area contributed by atoms with Gasteiger partial charge in [-0.2, -0.15) is 0 Å². The molecular weight excluding hydrogens is 419 g/mol. The summed E-state index contributed by atoms with van der Waals surface area (Å²) in [6.45, 7) is 1.74. The van der Waals surface area contributed by atoms with Crippen LogP contribution in [-0.4, -0.2) is 43.0 Å². The van der Waals surface area contributed by atoms with Crippen LogP contribution in [0.5, 0.6) is 5.75 Å². The van der Waals surface area contributed by atoms with E-state index in [-0.39, 0.29) is 35.6 Å². The highest BCUT2D eigenvalue weighted by Gasteiger charge is 2.35. The topological polar surface area (TPSA) is 58.6 Å². The first kappa shape index (κ1) is 23.3. The Bertz CT molecular complexity index is 918. The number of carbonyl (C=O) groups excluding carboxylic acids is 2. The molecule has 0 spiro atoms. The average molecular weight is 453 g/mol. The molecule has 1 heterocycles. The van der Waals surface area contributed by atoms with Crippen molar-refractivity contribution in [3.63, 3.8) is 0 Å². The van der Waals surface area contributed by atoms with Crippen LogP contribution < -0.4 is 10.1 Å². The number of hydrogen-bond acceptors (Lipinski definition) is 3. The van der Waals surface area contributed by atoms with Gasteiger partial charge in [0.1, 0.15) is 11.6 Å². The minimum absolute atomic E-state index is 0.0149. The summed E-state index contributed by atoms with van der Waals surface area (Å²) in [7, 11) is 0. The first-order chi connectivity index (χ1) is 16.1. The van der Waals surface area contributed by atoms with E-state index in [2.05, 4.69) is 5.32 Å². The highest BCUT2D eigenvalue weighted by molar-refractivity contribution is 5.80. The second kappa shape index (κ2) is 10.8. The van der Waals surface area contributed by atoms with Gasteiger partial charge in [-0.1, -0.05) is 49.6 Å². The number of ether oxygens (including phenoxy) is 1. The van der Waals surface area contributed by atoms with Crippen LogP contribution in [-0.2, 0) is 15.0 Å². The van der Waals surface area contributed by atoms with Crippen molar-refractivity contribution in [1.29, 1.82) is 0 Å². The lowest BCUT2D eigenvalue weighted by Gasteiger charge is -2.39. The van der Waals surface area contributed by atoms with E-state index in [1.54, 1.807) is 4.90 Å². The van der Waals surface area contributed by atoms with Crippen molar-refractivity contribution in [2.45, 2.75) is 50.4 Å². The molecule has 1 aliphatic heterocycles. The van der Waals surface area contributed by atoms with E-state index < -0.39 is 0 Å². The van der Waals surface area contributed by atoms with Crippen LogP contribution in [0, 0.1) is 11.7 Å². The lowest BCUT2D eigenvalue weighted by atomic mass is 9.69. The second-order valence-electron chi connectivity index (χ2n) is 9.32. The Kier molecular flexibility index (Phi) is 7.63. The normalized spacial score (nSPS) is 18.5. The van der Waals surface area contributed by atoms with E-state index in [1.807, 2.05) is 42.5 Å². The summed E-state index contributed by atoms with van der Waals surface area (Å²) in [5.41, 5.74) is 0.996. The van der Waals surface area contributed by atoms with E-state index in [4.69, 9.17) is 4.74 Å². The molecule has 2 amide bonds. The Balaban J connectivity index is 1.27. The van der Waals surface area contributed by atoms with Gasteiger partial charge in [0.2, 0.25) is 5.91 Å². The fourth-order valence-corrected chi connectivity index (χ4v) is 5.14. The van der Waals surface area contributed by atoms with Crippen molar-refractivity contribution >= 4 is 11.8 Å². The largest absolute Gasteiger partial charge is 0.484 e. The SMILES string of the molecule is O=C(NCC1(c2ccc(F)cc2)CCCCC1)C1CCN(C(=O)COc2ccccc2)CC1. The summed E-state index contributed by atoms with van der Waals surface area (Å²) in [6.07, 6.45) is 6.79. The first-order valence-electron chi connectivity index (χ1n) is 12.1. The summed E-state index contributed by atoms with van der Waals surface area (Å²) < 4.78 is 19.0. The van der Waals surface area contributed by atoms with E-state index in [0.29, 0.717) is 38.2 Å². The predicted octanol–water partition coefficient (Wildman–Crippen LogP) is 4.46. The van der Waals surface area contributed by atoms with Crippen molar-refractivity contribution in [3.8, 4) is 5.75 Å². The van der Waals surface area contributed by atoms with Crippen LogP contribution in [0.4, 0.5) is 4.39 Å². The van der Waals surface area contributed by atoms with Crippen molar-refractivity contribution in [2.24, 2.45) is 5.92 Å². The van der Waals surface area contributed by atoms with Crippen LogP contribution in [0.25, 0.3) is 0 Å². The molecule has 176 valence electrons. The quantitative estimate of drug-likeness (QED) is 0.675. The van der Waals surface area contributed by atoms with Gasteiger partial charge in [-0.3, -0.25) is 9.59 Å². The third-order valence-corrected chi connectivity index (χ3v) is 7.19. The lowest BCUT2D eigenvalue weighted by Crippen LogP contribution is -2.47. The van der Waals surface area contributed by atoms with E-state index in [1.165, 1.54) is 18.6 Å². The molecule has 1 N–H and O–H groups in total. The number of piperidine rings is 1. The van der Waals surface area contributed by atoms with Crippen LogP contribution in [0.2, 0.25) is 0 Å². The van der Waals surface area contributed by atoms with Gasteiger partial charge >= 0.3 is 0 Å². The molecule has 2 aromatic carbocycles. The maximum Gasteiger partial charge on any atom is 0.260 e. The zero-order chi connectivity index (χ0) is 23.1. The monoisotopic (exact) mass is 452 g/mol. The molecule has 1 saturated heterocycles. The van der Waals surface area contributed by atoms with E-state index in [9.17, 15) is 14.0 Å². The van der Waals surface area contributed by atoms with Gasteiger partial charge in [-0.15, -0.1) is 0 Å². The average Bonchev–Trinajstić information content (AvgIpc) is 2.87. The summed E-state index contributed by atoms with van der Waals surface area (Å²) in [5, 5.41) is 3.21. The molecule has 5 nitrogen and oxygen atoms in total. The molecule has 4 rings (SSSR count). The third-order valence-electron chi connectivity index (χ3n) is 7.19. The van der Waals surface area contributed by atoms with Crippen molar-refractivity contribution in [3.05, 3.63) is 66.0 Å². The van der Waals surface area contributed by atoms with E-state index in [0.717, 1.165) is 31.2 Å². The molecule has 2 aliphatic rings. The maximum absolute atomic E-state index is 13.5. The Hall–Kier alpha value is -2.89. The number of rotatable bonds is 7. The molecule has 6 heteroatoms. The third kappa shape index (κ3) is 5.92. The summed E-state index contributed by atoms with van der Waals surface area (Å²) in [6, 6.07) is 16.1. The van der Waals surface area contributed by atoms with Crippen molar-refractivity contribution in [2.75, 3.05) is 26.2 Å². The van der Waals surface area contributed by atoms with Gasteiger partial charge in [0.15, 0.2) is 6.61 Å². The molecule has 33 heavy (non-hydrogen) atoms. The molecule has 0 atom stereocenters. The number of nitrogens with one attached hydrogen (secondary N) is 1. The minimum Gasteiger partial charge on any atom is -0.484 e. The van der Waals surface area contributed by atoms with Gasteiger partial charge in [-0.05, 0) is 55.5 Å². The maximum atomic E-state index is 13.5. The molecular formula is C27H33FN2O3. The van der Waals surface area contributed by atoms with Gasteiger partial charge in [-0.25, -0.2) is 4.39 Å². The van der Waals surface area contributed by atoms with Gasteiger partial charge in [0, 0.05) is 31.0 Å². The predicted molar refractivity (Wildman–Crippen MR) is 125 cm³/mol. The molecule has 2 aromatic rings. The Labute approximate surface area is 195 Å². The Morgan fingerprint density at radius 1 is 0.970 bits per heavy atom. The number of nitrogens with zero attached hydrogens (tertiary/aromatic N) is 1. The van der Waals surface area contributed by atoms with Crippen molar-refractivity contribution < 1.29 is 18.7 Å². The first-order valence-corrected chi connectivity index (χ1v) is 12.1. The fourth-order valence-electron chi connectivity index (χ4n) is 5.14. The number of benzene rings is 2. The fraction of sp³-hybridized carbons (Fsp3) is 0.481. The molecule has 0 bridgehead atoms. The number of amides is 2. The number of para-hydroxylation sites is 1. The number of carbonyl (C=O) groups is 2. The highest BCUT2D eigenvalue weighted by atomic mass is 19.1. The van der Waals surface area contributed by atoms with E-state index >= 15 is 0 Å². The van der Waals surface area contributed by atoms with Crippen molar-refractivity contribution in [1.82, 2.24) is 10.2 Å². The summed E-state index contributed by atoms with van der Waals surface area (Å²) in [4.78, 5) is 27.2. The zero-order valence-electron chi connectivity index (χ0n) is 19.1. The lowest BCUT2D eigenvalue weighted by molar-refractivity contribution is -0.137. The second-order valence-corrected chi connectivity index (χ2v) is 9.32. The van der Waals surface area contributed by atoms with Crippen LogP contribution in [0.3, 0.4) is 0 Å². The number of halogens is 1. The smallest absolute Gasteiger partial charge is 0.260 e. The van der Waals surface area contributed by atoms with Crippen LogP contribution in [0.15, 0.2) is 54.6 Å². The van der Waals surface area contributed by atoms with Gasteiger partial charge in [0.05, 0.1) is 0 Å². The highest BCUT2D eigenvalue weighted by Crippen LogP contribution is 2.39. The zero-order valence-corrected chi connectivity index (χ0v) is 19.1. The Morgan fingerprint density at radius 3 is 2.30 bits per heavy atom. The number of hydrogen-bond donors (Lipinski definition) is 1. The summed E-state index contributed by atoms with van der Waals surface area (Å²) >= 11 is 0. The molecule has 0 radical (unpaired) electrons. The van der Waals surface area contributed by atoms with Crippen LogP contribution >= 0.6 is 0 Å².